The number of benzene rings is 1. The van der Waals surface area contributed by atoms with E-state index in [1.165, 1.54) is 38.0 Å². The van der Waals surface area contributed by atoms with Crippen molar-refractivity contribution in [1.29, 1.82) is 0 Å². The fraction of sp³-hybridized carbons (Fsp3) is 0.600. The Kier molecular flexibility index (Phi) is 5.02. The van der Waals surface area contributed by atoms with Crippen LogP contribution in [0, 0.1) is 0 Å². The number of hydrogen-bond donors (Lipinski definition) is 1. The van der Waals surface area contributed by atoms with E-state index in [-0.39, 0.29) is 0 Å². The van der Waals surface area contributed by atoms with Crippen LogP contribution in [0.2, 0.25) is 0 Å². The van der Waals surface area contributed by atoms with Crippen molar-refractivity contribution in [3.8, 4) is 5.75 Å². The summed E-state index contributed by atoms with van der Waals surface area (Å²) in [5.41, 5.74) is 1.39. The summed E-state index contributed by atoms with van der Waals surface area (Å²) in [6, 6.07) is 9.14. The minimum Gasteiger partial charge on any atom is -0.497 e. The van der Waals surface area contributed by atoms with E-state index in [0.717, 1.165) is 18.2 Å². The molecule has 0 aromatic heterocycles. The van der Waals surface area contributed by atoms with Gasteiger partial charge < -0.3 is 15.0 Å². The lowest BCUT2D eigenvalue weighted by atomic mass is 10.0. The molecule has 0 amide bonds. The molecule has 0 radical (unpaired) electrons. The summed E-state index contributed by atoms with van der Waals surface area (Å²) in [6.45, 7) is 3.62. The number of piperidine rings is 1. The van der Waals surface area contributed by atoms with E-state index in [1.54, 1.807) is 7.11 Å². The second-order valence-corrected chi connectivity index (χ2v) is 5.00. The smallest absolute Gasteiger partial charge is 0.118 e. The van der Waals surface area contributed by atoms with Gasteiger partial charge in [-0.2, -0.15) is 0 Å². The first-order valence-electron chi connectivity index (χ1n) is 6.84. The van der Waals surface area contributed by atoms with Crippen LogP contribution >= 0.6 is 0 Å². The van der Waals surface area contributed by atoms with Gasteiger partial charge in [0.2, 0.25) is 0 Å². The minimum atomic E-state index is 0.724. The van der Waals surface area contributed by atoms with Gasteiger partial charge in [0, 0.05) is 12.6 Å². The normalized spacial score (nSPS) is 17.9. The van der Waals surface area contributed by atoms with Crippen molar-refractivity contribution in [2.45, 2.75) is 25.3 Å². The van der Waals surface area contributed by atoms with Gasteiger partial charge in [0.1, 0.15) is 5.75 Å². The van der Waals surface area contributed by atoms with E-state index < -0.39 is 0 Å². The van der Waals surface area contributed by atoms with E-state index >= 15 is 0 Å². The van der Waals surface area contributed by atoms with Crippen LogP contribution in [0.3, 0.4) is 0 Å². The topological polar surface area (TPSA) is 24.5 Å². The van der Waals surface area contributed by atoms with Crippen molar-refractivity contribution in [3.63, 3.8) is 0 Å². The highest BCUT2D eigenvalue weighted by Gasteiger charge is 2.16. The third kappa shape index (κ3) is 3.72. The standard InChI is InChI=1S/C15H24N2O/c1-16-14-8-11-17(12-9-14)10-7-13-3-5-15(18-2)6-4-13/h3-6,14,16H,7-12H2,1-2H3. The highest BCUT2D eigenvalue weighted by molar-refractivity contribution is 5.27. The van der Waals surface area contributed by atoms with Crippen molar-refractivity contribution in [2.75, 3.05) is 33.8 Å². The van der Waals surface area contributed by atoms with Crippen molar-refractivity contribution >= 4 is 0 Å². The Labute approximate surface area is 110 Å². The fourth-order valence-electron chi connectivity index (χ4n) is 2.52. The van der Waals surface area contributed by atoms with E-state index in [2.05, 4.69) is 29.4 Å². The number of ether oxygens (including phenoxy) is 1. The Bertz CT molecular complexity index is 342. The molecule has 3 heteroatoms. The number of nitrogens with one attached hydrogen (secondary N) is 1. The molecule has 3 nitrogen and oxygen atoms in total. The first kappa shape index (κ1) is 13.4. The molecule has 1 aliphatic rings. The summed E-state index contributed by atoms with van der Waals surface area (Å²) in [4.78, 5) is 2.57. The lowest BCUT2D eigenvalue weighted by Crippen LogP contribution is -2.41. The van der Waals surface area contributed by atoms with Crippen LogP contribution in [-0.4, -0.2) is 44.7 Å². The number of nitrogens with zero attached hydrogens (tertiary/aromatic N) is 1. The van der Waals surface area contributed by atoms with Crippen LogP contribution in [0.15, 0.2) is 24.3 Å². The Balaban J connectivity index is 1.74. The maximum absolute atomic E-state index is 5.17. The zero-order chi connectivity index (χ0) is 12.8. The van der Waals surface area contributed by atoms with E-state index in [1.807, 2.05) is 12.1 Å². The van der Waals surface area contributed by atoms with Gasteiger partial charge in [-0.1, -0.05) is 12.1 Å². The zero-order valence-electron chi connectivity index (χ0n) is 11.5. The first-order chi connectivity index (χ1) is 8.81. The first-order valence-corrected chi connectivity index (χ1v) is 6.84. The largest absolute Gasteiger partial charge is 0.497 e. The van der Waals surface area contributed by atoms with Crippen LogP contribution < -0.4 is 10.1 Å². The van der Waals surface area contributed by atoms with Crippen LogP contribution in [0.1, 0.15) is 18.4 Å². The van der Waals surface area contributed by atoms with Crippen LogP contribution in [0.4, 0.5) is 0 Å². The third-order valence-electron chi connectivity index (χ3n) is 3.87. The Hall–Kier alpha value is -1.06. The molecule has 0 aliphatic carbocycles. The monoisotopic (exact) mass is 248 g/mol. The van der Waals surface area contributed by atoms with Crippen LogP contribution in [-0.2, 0) is 6.42 Å². The van der Waals surface area contributed by atoms with E-state index in [9.17, 15) is 0 Å². The van der Waals surface area contributed by atoms with Crippen LogP contribution in [0.25, 0.3) is 0 Å². The SMILES string of the molecule is CNC1CCN(CCc2ccc(OC)cc2)CC1. The summed E-state index contributed by atoms with van der Waals surface area (Å²) in [6.07, 6.45) is 3.69. The molecule has 1 saturated heterocycles. The van der Waals surface area contributed by atoms with Gasteiger partial charge in [-0.25, -0.2) is 0 Å². The molecule has 0 unspecified atom stereocenters. The van der Waals surface area contributed by atoms with Crippen molar-refractivity contribution in [2.24, 2.45) is 0 Å². The highest BCUT2D eigenvalue weighted by Crippen LogP contribution is 2.14. The molecule has 1 aliphatic heterocycles. The predicted octanol–water partition coefficient (Wildman–Crippen LogP) is 1.92. The zero-order valence-corrected chi connectivity index (χ0v) is 11.5. The lowest BCUT2D eigenvalue weighted by Gasteiger charge is -2.31. The average Bonchev–Trinajstić information content (AvgIpc) is 2.46. The van der Waals surface area contributed by atoms with Gasteiger partial charge >= 0.3 is 0 Å². The molecule has 0 spiro atoms. The maximum Gasteiger partial charge on any atom is 0.118 e. The molecule has 18 heavy (non-hydrogen) atoms. The van der Waals surface area contributed by atoms with Gasteiger partial charge in [0.05, 0.1) is 7.11 Å². The molecule has 1 N–H and O–H groups in total. The molecule has 0 atom stereocenters. The number of hydrogen-bond acceptors (Lipinski definition) is 3. The third-order valence-corrected chi connectivity index (χ3v) is 3.87. The molecule has 1 aromatic carbocycles. The maximum atomic E-state index is 5.17. The van der Waals surface area contributed by atoms with Gasteiger partial charge in [-0.3, -0.25) is 0 Å². The molecule has 1 heterocycles. The summed E-state index contributed by atoms with van der Waals surface area (Å²) >= 11 is 0. The molecule has 0 bridgehead atoms. The fourth-order valence-corrected chi connectivity index (χ4v) is 2.52. The summed E-state index contributed by atoms with van der Waals surface area (Å²) in [5.74, 6) is 0.939. The quantitative estimate of drug-likeness (QED) is 0.861. The minimum absolute atomic E-state index is 0.724. The lowest BCUT2D eigenvalue weighted by molar-refractivity contribution is 0.204. The number of rotatable bonds is 5. The van der Waals surface area contributed by atoms with Gasteiger partial charge in [-0.05, 0) is 57.1 Å². The summed E-state index contributed by atoms with van der Waals surface area (Å²) in [5, 5.41) is 3.37. The second kappa shape index (κ2) is 6.76. The molecular weight excluding hydrogens is 224 g/mol. The van der Waals surface area contributed by atoms with Gasteiger partial charge in [-0.15, -0.1) is 0 Å². The molecule has 0 saturated carbocycles. The molecule has 1 fully saturated rings. The Morgan fingerprint density at radius 1 is 1.22 bits per heavy atom. The number of likely N-dealkylation sites (tertiary alicyclic amines) is 1. The van der Waals surface area contributed by atoms with Crippen molar-refractivity contribution in [1.82, 2.24) is 10.2 Å². The number of methoxy groups -OCH3 is 1. The van der Waals surface area contributed by atoms with Gasteiger partial charge in [0.15, 0.2) is 0 Å². The average molecular weight is 248 g/mol. The molecule has 100 valence electrons. The van der Waals surface area contributed by atoms with Crippen LogP contribution in [0.5, 0.6) is 5.75 Å². The van der Waals surface area contributed by atoms with Crippen molar-refractivity contribution in [3.05, 3.63) is 29.8 Å². The van der Waals surface area contributed by atoms with E-state index in [4.69, 9.17) is 4.74 Å². The van der Waals surface area contributed by atoms with Crippen molar-refractivity contribution < 1.29 is 4.74 Å². The molecule has 2 rings (SSSR count). The summed E-state index contributed by atoms with van der Waals surface area (Å²) in [7, 11) is 3.78. The highest BCUT2D eigenvalue weighted by atomic mass is 16.5. The molecule has 1 aromatic rings. The van der Waals surface area contributed by atoms with E-state index in [0.29, 0.717) is 0 Å². The molecular formula is C15H24N2O. The second-order valence-electron chi connectivity index (χ2n) is 5.00. The van der Waals surface area contributed by atoms with Gasteiger partial charge in [0.25, 0.3) is 0 Å². The predicted molar refractivity (Wildman–Crippen MR) is 75.2 cm³/mol. The summed E-state index contributed by atoms with van der Waals surface area (Å²) < 4.78 is 5.17. The Morgan fingerprint density at radius 3 is 2.44 bits per heavy atom. The Morgan fingerprint density at radius 2 is 1.89 bits per heavy atom.